The molecular formula is C8H15Cl. The van der Waals surface area contributed by atoms with Gasteiger partial charge in [0.2, 0.25) is 0 Å². The van der Waals surface area contributed by atoms with Crippen molar-refractivity contribution in [3.05, 3.63) is 0 Å². The van der Waals surface area contributed by atoms with Crippen LogP contribution in [0.3, 0.4) is 0 Å². The van der Waals surface area contributed by atoms with E-state index >= 15 is 0 Å². The molecule has 0 aromatic heterocycles. The van der Waals surface area contributed by atoms with Gasteiger partial charge in [0.25, 0.3) is 0 Å². The minimum Gasteiger partial charge on any atom is -0.123 e. The Hall–Kier alpha value is 0.290. The van der Waals surface area contributed by atoms with Gasteiger partial charge in [-0.2, -0.15) is 0 Å². The zero-order chi connectivity index (χ0) is 6.69. The molecule has 0 spiro atoms. The zero-order valence-electron chi connectivity index (χ0n) is 6.07. The van der Waals surface area contributed by atoms with E-state index in [1.165, 1.54) is 32.1 Å². The molecule has 1 aliphatic rings. The molecule has 1 fully saturated rings. The van der Waals surface area contributed by atoms with Crippen LogP contribution in [-0.2, 0) is 0 Å². The van der Waals surface area contributed by atoms with Crippen LogP contribution in [0.15, 0.2) is 0 Å². The summed E-state index contributed by atoms with van der Waals surface area (Å²) in [6.45, 7) is 2.08. The van der Waals surface area contributed by atoms with Crippen LogP contribution in [0, 0.1) is 5.92 Å². The predicted octanol–water partition coefficient (Wildman–Crippen LogP) is 3.19. The maximum Gasteiger partial charge on any atom is 0.0307 e. The molecule has 0 N–H and O–H groups in total. The van der Waals surface area contributed by atoms with Gasteiger partial charge in [0, 0.05) is 5.38 Å². The van der Waals surface area contributed by atoms with Crippen LogP contribution in [0.1, 0.15) is 39.0 Å². The normalized spacial score (nSPS) is 23.3. The first-order valence-electron chi connectivity index (χ1n) is 3.93. The number of halogens is 1. The van der Waals surface area contributed by atoms with E-state index in [2.05, 4.69) is 6.92 Å². The molecule has 0 bridgehead atoms. The van der Waals surface area contributed by atoms with Gasteiger partial charge >= 0.3 is 0 Å². The summed E-state index contributed by atoms with van der Waals surface area (Å²) in [6.07, 6.45) is 6.96. The van der Waals surface area contributed by atoms with Gasteiger partial charge < -0.3 is 0 Å². The Bertz CT molecular complexity index is 74.6. The van der Waals surface area contributed by atoms with Gasteiger partial charge in [-0.3, -0.25) is 0 Å². The fraction of sp³-hybridized carbons (Fsp3) is 1.00. The van der Waals surface area contributed by atoms with Crippen molar-refractivity contribution in [3.8, 4) is 0 Å². The lowest BCUT2D eigenvalue weighted by molar-refractivity contribution is 0.290. The molecule has 1 atom stereocenters. The quantitative estimate of drug-likeness (QED) is 0.537. The van der Waals surface area contributed by atoms with Gasteiger partial charge in [-0.05, 0) is 25.7 Å². The maximum atomic E-state index is 5.80. The van der Waals surface area contributed by atoms with Crippen LogP contribution in [0.4, 0.5) is 0 Å². The van der Waals surface area contributed by atoms with Gasteiger partial charge in [0.15, 0.2) is 0 Å². The molecule has 0 saturated heterocycles. The van der Waals surface area contributed by atoms with E-state index in [0.29, 0.717) is 5.38 Å². The van der Waals surface area contributed by atoms with Gasteiger partial charge in [-0.15, -0.1) is 11.6 Å². The summed E-state index contributed by atoms with van der Waals surface area (Å²) in [4.78, 5) is 0. The lowest BCUT2D eigenvalue weighted by atomic mass is 9.82. The van der Waals surface area contributed by atoms with Crippen LogP contribution in [0.5, 0.6) is 0 Å². The zero-order valence-corrected chi connectivity index (χ0v) is 6.82. The third-order valence-electron chi connectivity index (χ3n) is 2.20. The first-order chi connectivity index (χ1) is 4.29. The van der Waals surface area contributed by atoms with Crippen molar-refractivity contribution in [2.24, 2.45) is 5.92 Å². The topological polar surface area (TPSA) is 0 Å². The van der Waals surface area contributed by atoms with E-state index in [1.807, 2.05) is 0 Å². The smallest absolute Gasteiger partial charge is 0.0307 e. The lowest BCUT2D eigenvalue weighted by Gasteiger charge is -2.25. The van der Waals surface area contributed by atoms with Crippen LogP contribution >= 0.6 is 11.6 Å². The van der Waals surface area contributed by atoms with Crippen molar-refractivity contribution >= 4 is 11.6 Å². The van der Waals surface area contributed by atoms with Gasteiger partial charge in [-0.1, -0.05) is 19.3 Å². The van der Waals surface area contributed by atoms with Crippen molar-refractivity contribution in [2.75, 3.05) is 0 Å². The highest BCUT2D eigenvalue weighted by Gasteiger charge is 2.16. The second-order valence-electron chi connectivity index (χ2n) is 3.16. The molecule has 1 saturated carbocycles. The van der Waals surface area contributed by atoms with Crippen molar-refractivity contribution < 1.29 is 0 Å². The molecule has 0 amide bonds. The molecule has 0 aromatic carbocycles. The largest absolute Gasteiger partial charge is 0.123 e. The highest BCUT2D eigenvalue weighted by molar-refractivity contribution is 6.20. The Morgan fingerprint density at radius 2 is 2.22 bits per heavy atom. The summed E-state index contributed by atoms with van der Waals surface area (Å²) in [5.41, 5.74) is 0. The van der Waals surface area contributed by atoms with E-state index in [9.17, 15) is 0 Å². The third kappa shape index (κ3) is 2.57. The summed E-state index contributed by atoms with van der Waals surface area (Å²) < 4.78 is 0. The van der Waals surface area contributed by atoms with Gasteiger partial charge in [-0.25, -0.2) is 0 Å². The number of hydrogen-bond acceptors (Lipinski definition) is 0. The van der Waals surface area contributed by atoms with E-state index in [0.717, 1.165) is 5.92 Å². The minimum atomic E-state index is 0.394. The van der Waals surface area contributed by atoms with Crippen molar-refractivity contribution in [1.29, 1.82) is 0 Å². The summed E-state index contributed by atoms with van der Waals surface area (Å²) in [6, 6.07) is 0. The second-order valence-corrected chi connectivity index (χ2v) is 3.90. The highest BCUT2D eigenvalue weighted by atomic mass is 35.5. The van der Waals surface area contributed by atoms with Crippen LogP contribution < -0.4 is 0 Å². The monoisotopic (exact) mass is 146 g/mol. The van der Waals surface area contributed by atoms with E-state index in [-0.39, 0.29) is 0 Å². The second kappa shape index (κ2) is 3.46. The molecule has 1 aliphatic carbocycles. The summed E-state index contributed by atoms with van der Waals surface area (Å²) in [5, 5.41) is 0.394. The van der Waals surface area contributed by atoms with Crippen molar-refractivity contribution in [2.45, 2.75) is 44.4 Å². The SMILES string of the molecule is CC(Cl)CCC1CCC1. The van der Waals surface area contributed by atoms with Crippen molar-refractivity contribution in [1.82, 2.24) is 0 Å². The van der Waals surface area contributed by atoms with E-state index in [1.54, 1.807) is 0 Å². The summed E-state index contributed by atoms with van der Waals surface area (Å²) in [5.74, 6) is 1.03. The Labute approximate surface area is 62.6 Å². The third-order valence-corrected chi connectivity index (χ3v) is 2.42. The number of alkyl halides is 1. The van der Waals surface area contributed by atoms with Gasteiger partial charge in [0.05, 0.1) is 0 Å². The Balaban J connectivity index is 1.91. The molecular weight excluding hydrogens is 132 g/mol. The Morgan fingerprint density at radius 3 is 2.56 bits per heavy atom. The van der Waals surface area contributed by atoms with E-state index < -0.39 is 0 Å². The molecule has 1 unspecified atom stereocenters. The van der Waals surface area contributed by atoms with E-state index in [4.69, 9.17) is 11.6 Å². The van der Waals surface area contributed by atoms with Gasteiger partial charge in [0.1, 0.15) is 0 Å². The molecule has 1 rings (SSSR count). The first-order valence-corrected chi connectivity index (χ1v) is 4.36. The molecule has 0 heterocycles. The molecule has 9 heavy (non-hydrogen) atoms. The molecule has 1 heteroatoms. The average Bonchev–Trinajstić information content (AvgIpc) is 1.60. The van der Waals surface area contributed by atoms with Crippen molar-refractivity contribution in [3.63, 3.8) is 0 Å². The summed E-state index contributed by atoms with van der Waals surface area (Å²) in [7, 11) is 0. The first kappa shape index (κ1) is 7.40. The highest BCUT2D eigenvalue weighted by Crippen LogP contribution is 2.31. The minimum absolute atomic E-state index is 0.394. The maximum absolute atomic E-state index is 5.80. The fourth-order valence-corrected chi connectivity index (χ4v) is 1.37. The number of hydrogen-bond donors (Lipinski definition) is 0. The molecule has 0 aliphatic heterocycles. The molecule has 0 radical (unpaired) electrons. The Morgan fingerprint density at radius 1 is 1.56 bits per heavy atom. The van der Waals surface area contributed by atoms with Crippen LogP contribution in [0.25, 0.3) is 0 Å². The fourth-order valence-electron chi connectivity index (χ4n) is 1.25. The Kier molecular flexibility index (Phi) is 2.84. The summed E-state index contributed by atoms with van der Waals surface area (Å²) >= 11 is 5.80. The van der Waals surface area contributed by atoms with Crippen LogP contribution in [-0.4, -0.2) is 5.38 Å². The average molecular weight is 147 g/mol. The number of rotatable bonds is 3. The molecule has 54 valence electrons. The van der Waals surface area contributed by atoms with Crippen LogP contribution in [0.2, 0.25) is 0 Å². The predicted molar refractivity (Wildman–Crippen MR) is 41.9 cm³/mol. The lowest BCUT2D eigenvalue weighted by Crippen LogP contribution is -2.11. The molecule has 0 aromatic rings. The standard InChI is InChI=1S/C8H15Cl/c1-7(9)5-6-8-3-2-4-8/h7-8H,2-6H2,1H3. The molecule has 0 nitrogen and oxygen atoms in total.